The molecule has 0 amide bonds. The van der Waals surface area contributed by atoms with Gasteiger partial charge in [0.05, 0.1) is 48.6 Å². The Labute approximate surface area is 212 Å². The second-order valence-corrected chi connectivity index (χ2v) is 8.92. The lowest BCUT2D eigenvalue weighted by molar-refractivity contribution is -0.137. The van der Waals surface area contributed by atoms with E-state index in [-0.39, 0.29) is 0 Å². The van der Waals surface area contributed by atoms with Crippen molar-refractivity contribution >= 4 is 34.1 Å². The van der Waals surface area contributed by atoms with Crippen molar-refractivity contribution < 1.29 is 19.1 Å². The molecule has 182 valence electrons. The van der Waals surface area contributed by atoms with Gasteiger partial charge in [-0.2, -0.15) is 5.26 Å². The number of benzene rings is 2. The molecule has 0 bridgehead atoms. The number of hydrogen-bond donors (Lipinski definition) is 2. The number of anilines is 2. The summed E-state index contributed by atoms with van der Waals surface area (Å²) in [7, 11) is 2.63. The van der Waals surface area contributed by atoms with Gasteiger partial charge in [0.25, 0.3) is 0 Å². The highest BCUT2D eigenvalue weighted by molar-refractivity contribution is 7.14. The van der Waals surface area contributed by atoms with E-state index in [4.69, 9.17) is 19.7 Å². The van der Waals surface area contributed by atoms with Gasteiger partial charge in [-0.3, -0.25) is 0 Å². The SMILES string of the molecule is COC(=O)C1=C(C)NC(C)=C(C(=O)OC)C1c1ccccc1Nc1nc(-c2ccc(C#N)cc2)cs1. The first kappa shape index (κ1) is 24.7. The third-order valence-electron chi connectivity index (χ3n) is 5.90. The molecule has 36 heavy (non-hydrogen) atoms. The van der Waals surface area contributed by atoms with Crippen molar-refractivity contribution in [3.05, 3.63) is 87.6 Å². The van der Waals surface area contributed by atoms with Crippen LogP contribution < -0.4 is 10.6 Å². The molecule has 4 rings (SSSR count). The number of nitriles is 1. The van der Waals surface area contributed by atoms with Gasteiger partial charge in [-0.05, 0) is 37.6 Å². The van der Waals surface area contributed by atoms with E-state index in [0.717, 1.165) is 11.3 Å². The molecule has 1 aliphatic heterocycles. The fourth-order valence-electron chi connectivity index (χ4n) is 4.22. The molecule has 0 saturated heterocycles. The van der Waals surface area contributed by atoms with Crippen molar-refractivity contribution in [3.8, 4) is 17.3 Å². The standard InChI is InChI=1S/C27H24N4O4S/c1-15-22(25(32)34-3)24(23(16(2)29-15)26(33)35-4)19-7-5-6-8-20(19)30-27-31-21(14-36-27)18-11-9-17(13-28)10-12-18/h5-12,14,24,29H,1-4H3,(H,30,31). The zero-order valence-corrected chi connectivity index (χ0v) is 21.0. The maximum atomic E-state index is 12.9. The van der Waals surface area contributed by atoms with Crippen molar-refractivity contribution in [1.29, 1.82) is 5.26 Å². The average Bonchev–Trinajstić information content (AvgIpc) is 3.36. The van der Waals surface area contributed by atoms with Crippen LogP contribution in [0.2, 0.25) is 0 Å². The summed E-state index contributed by atoms with van der Waals surface area (Å²) in [5, 5.41) is 18.1. The minimum atomic E-state index is -0.715. The average molecular weight is 501 g/mol. The number of carbonyl (C=O) groups excluding carboxylic acids is 2. The van der Waals surface area contributed by atoms with Gasteiger partial charge in [0.2, 0.25) is 0 Å². The number of allylic oxidation sites excluding steroid dienone is 2. The first-order valence-electron chi connectivity index (χ1n) is 11.0. The maximum Gasteiger partial charge on any atom is 0.336 e. The monoisotopic (exact) mass is 500 g/mol. The Bertz CT molecular complexity index is 1390. The summed E-state index contributed by atoms with van der Waals surface area (Å²) < 4.78 is 10.1. The van der Waals surface area contributed by atoms with Crippen molar-refractivity contribution in [2.24, 2.45) is 0 Å². The van der Waals surface area contributed by atoms with Crippen molar-refractivity contribution in [1.82, 2.24) is 10.3 Å². The zero-order chi connectivity index (χ0) is 25.8. The fraction of sp³-hybridized carbons (Fsp3) is 0.185. The van der Waals surface area contributed by atoms with Crippen LogP contribution in [0.4, 0.5) is 10.8 Å². The number of para-hydroxylation sites is 1. The van der Waals surface area contributed by atoms with E-state index in [1.54, 1.807) is 26.0 Å². The highest BCUT2D eigenvalue weighted by Crippen LogP contribution is 2.42. The van der Waals surface area contributed by atoms with Crippen molar-refractivity contribution in [2.45, 2.75) is 19.8 Å². The zero-order valence-electron chi connectivity index (χ0n) is 20.2. The first-order chi connectivity index (χ1) is 17.4. The Morgan fingerprint density at radius 3 is 2.19 bits per heavy atom. The van der Waals surface area contributed by atoms with Crippen LogP contribution >= 0.6 is 11.3 Å². The lowest BCUT2D eigenvalue weighted by atomic mass is 9.79. The van der Waals surface area contributed by atoms with E-state index in [0.29, 0.717) is 44.5 Å². The third kappa shape index (κ3) is 4.72. The molecule has 9 heteroatoms. The Hall–Kier alpha value is -4.42. The maximum absolute atomic E-state index is 12.9. The van der Waals surface area contributed by atoms with Gasteiger partial charge in [-0.1, -0.05) is 30.3 Å². The van der Waals surface area contributed by atoms with Crippen molar-refractivity contribution in [3.63, 3.8) is 0 Å². The molecule has 2 heterocycles. The molecule has 1 aromatic heterocycles. The van der Waals surface area contributed by atoms with E-state index >= 15 is 0 Å². The molecule has 0 spiro atoms. The van der Waals surface area contributed by atoms with Gasteiger partial charge < -0.3 is 20.1 Å². The topological polar surface area (TPSA) is 113 Å². The minimum Gasteiger partial charge on any atom is -0.466 e. The predicted octanol–water partition coefficient (Wildman–Crippen LogP) is 5.01. The van der Waals surface area contributed by atoms with E-state index in [1.807, 2.05) is 41.8 Å². The number of aromatic nitrogens is 1. The van der Waals surface area contributed by atoms with Crippen molar-refractivity contribution in [2.75, 3.05) is 19.5 Å². The number of rotatable bonds is 6. The Morgan fingerprint density at radius 2 is 1.61 bits per heavy atom. The van der Waals surface area contributed by atoms with Gasteiger partial charge in [-0.15, -0.1) is 11.3 Å². The molecule has 2 N–H and O–H groups in total. The second kappa shape index (κ2) is 10.5. The van der Waals surface area contributed by atoms with Crippen LogP contribution in [0.25, 0.3) is 11.3 Å². The van der Waals surface area contributed by atoms with Crippen LogP contribution in [-0.2, 0) is 19.1 Å². The fourth-order valence-corrected chi connectivity index (χ4v) is 4.96. The molecule has 8 nitrogen and oxygen atoms in total. The summed E-state index contributed by atoms with van der Waals surface area (Å²) in [5.74, 6) is -1.79. The first-order valence-corrected chi connectivity index (χ1v) is 11.9. The number of nitrogens with zero attached hydrogens (tertiary/aromatic N) is 2. The molecular formula is C27H24N4O4S. The Balaban J connectivity index is 1.76. The number of methoxy groups -OCH3 is 2. The van der Waals surface area contributed by atoms with Gasteiger partial charge in [0, 0.05) is 28.0 Å². The van der Waals surface area contributed by atoms with Crippen LogP contribution in [0, 0.1) is 11.3 Å². The number of ether oxygens (including phenoxy) is 2. The summed E-state index contributed by atoms with van der Waals surface area (Å²) in [5.41, 5.74) is 5.49. The lowest BCUT2D eigenvalue weighted by Gasteiger charge is -2.31. The van der Waals surface area contributed by atoms with Crippen LogP contribution in [0.15, 0.2) is 76.5 Å². The van der Waals surface area contributed by atoms with Crippen LogP contribution in [0.5, 0.6) is 0 Å². The highest BCUT2D eigenvalue weighted by atomic mass is 32.1. The molecule has 3 aromatic rings. The highest BCUT2D eigenvalue weighted by Gasteiger charge is 2.38. The lowest BCUT2D eigenvalue weighted by Crippen LogP contribution is -2.32. The summed E-state index contributed by atoms with van der Waals surface area (Å²) >= 11 is 1.42. The largest absolute Gasteiger partial charge is 0.466 e. The van der Waals surface area contributed by atoms with Gasteiger partial charge in [0.15, 0.2) is 5.13 Å². The molecule has 0 atom stereocenters. The predicted molar refractivity (Wildman–Crippen MR) is 137 cm³/mol. The van der Waals surface area contributed by atoms with Crippen LogP contribution in [0.3, 0.4) is 0 Å². The Kier molecular flexibility index (Phi) is 7.17. The summed E-state index contributed by atoms with van der Waals surface area (Å²) in [6, 6.07) is 16.8. The van der Waals surface area contributed by atoms with Gasteiger partial charge in [-0.25, -0.2) is 14.6 Å². The number of dihydropyridines is 1. The molecule has 2 aromatic carbocycles. The second-order valence-electron chi connectivity index (χ2n) is 8.06. The Morgan fingerprint density at radius 1 is 1.00 bits per heavy atom. The molecule has 0 radical (unpaired) electrons. The molecule has 0 saturated carbocycles. The smallest absolute Gasteiger partial charge is 0.336 e. The van der Waals surface area contributed by atoms with E-state index in [9.17, 15) is 9.59 Å². The number of carbonyl (C=O) groups is 2. The molecule has 0 unspecified atom stereocenters. The van der Waals surface area contributed by atoms with Gasteiger partial charge >= 0.3 is 11.9 Å². The third-order valence-corrected chi connectivity index (χ3v) is 6.66. The minimum absolute atomic E-state index is 0.329. The van der Waals surface area contributed by atoms with Crippen LogP contribution in [-0.4, -0.2) is 31.1 Å². The van der Waals surface area contributed by atoms with Crippen LogP contribution in [0.1, 0.15) is 30.9 Å². The summed E-state index contributed by atoms with van der Waals surface area (Å²) in [6.07, 6.45) is 0. The molecule has 0 aliphatic carbocycles. The van der Waals surface area contributed by atoms with Gasteiger partial charge in [0.1, 0.15) is 0 Å². The van der Waals surface area contributed by atoms with E-state index < -0.39 is 17.9 Å². The summed E-state index contributed by atoms with van der Waals surface area (Å²) in [4.78, 5) is 30.4. The van der Waals surface area contributed by atoms with E-state index in [1.165, 1.54) is 25.6 Å². The number of nitrogens with one attached hydrogen (secondary N) is 2. The molecule has 0 fully saturated rings. The summed E-state index contributed by atoms with van der Waals surface area (Å²) in [6.45, 7) is 3.55. The number of esters is 2. The molecule has 1 aliphatic rings. The van der Waals surface area contributed by atoms with E-state index in [2.05, 4.69) is 16.7 Å². The molecular weight excluding hydrogens is 476 g/mol. The number of hydrogen-bond acceptors (Lipinski definition) is 9. The normalized spacial score (nSPS) is 13.6. The quantitative estimate of drug-likeness (QED) is 0.454. The number of thiazole rings is 1.